The van der Waals surface area contributed by atoms with Crippen molar-refractivity contribution in [3.63, 3.8) is 0 Å². The van der Waals surface area contributed by atoms with Gasteiger partial charge in [-0.3, -0.25) is 4.79 Å². The van der Waals surface area contributed by atoms with E-state index >= 15 is 0 Å². The van der Waals surface area contributed by atoms with Crippen LogP contribution >= 0.6 is 0 Å². The first kappa shape index (κ1) is 15.1. The van der Waals surface area contributed by atoms with Crippen molar-refractivity contribution in [1.29, 1.82) is 0 Å². The second kappa shape index (κ2) is 6.11. The molecule has 0 unspecified atom stereocenters. The molecule has 2 fully saturated rings. The summed E-state index contributed by atoms with van der Waals surface area (Å²) in [6, 6.07) is 0.304. The van der Waals surface area contributed by atoms with Gasteiger partial charge in [-0.2, -0.15) is 0 Å². The number of hydrogen-bond acceptors (Lipinski definition) is 3. The molecule has 4 atom stereocenters. The number of amides is 1. The Morgan fingerprint density at radius 3 is 2.57 bits per heavy atom. The third-order valence-corrected chi connectivity index (χ3v) is 6.82. The van der Waals surface area contributed by atoms with Gasteiger partial charge in [0.15, 0.2) is 9.84 Å². The molecule has 0 radical (unpaired) electrons. The first-order valence-corrected chi connectivity index (χ1v) is 9.94. The van der Waals surface area contributed by atoms with E-state index in [4.69, 9.17) is 0 Å². The number of allylic oxidation sites excluding steroid dienone is 1. The third-order valence-electron chi connectivity index (χ3n) is 5.36. The summed E-state index contributed by atoms with van der Waals surface area (Å²) in [4.78, 5) is 12.1. The lowest BCUT2D eigenvalue weighted by molar-refractivity contribution is -0.122. The van der Waals surface area contributed by atoms with Gasteiger partial charge in [0.25, 0.3) is 0 Å². The summed E-state index contributed by atoms with van der Waals surface area (Å²) >= 11 is 0. The van der Waals surface area contributed by atoms with Crippen LogP contribution < -0.4 is 5.32 Å². The molecule has 0 bridgehead atoms. The van der Waals surface area contributed by atoms with Crippen molar-refractivity contribution in [3.05, 3.63) is 11.5 Å². The van der Waals surface area contributed by atoms with Gasteiger partial charge in [0.05, 0.1) is 5.75 Å². The quantitative estimate of drug-likeness (QED) is 0.870. The van der Waals surface area contributed by atoms with Crippen molar-refractivity contribution >= 4 is 15.7 Å². The number of hydrogen-bond donors (Lipinski definition) is 1. The second-order valence-electron chi connectivity index (χ2n) is 7.00. The molecule has 0 aromatic heterocycles. The molecular formula is C16H25NO3S. The summed E-state index contributed by atoms with van der Waals surface area (Å²) in [5.74, 6) is 1.65. The molecule has 3 rings (SSSR count). The number of carbonyl (C=O) groups is 1. The molecule has 0 aromatic rings. The van der Waals surface area contributed by atoms with Gasteiger partial charge in [-0.15, -0.1) is 0 Å². The number of nitrogens with one attached hydrogen (secondary N) is 1. The molecule has 1 heterocycles. The van der Waals surface area contributed by atoms with Gasteiger partial charge in [-0.05, 0) is 31.1 Å². The fourth-order valence-corrected chi connectivity index (χ4v) is 5.69. The topological polar surface area (TPSA) is 63.2 Å². The summed E-state index contributed by atoms with van der Waals surface area (Å²) in [5.41, 5.74) is 0. The lowest BCUT2D eigenvalue weighted by Crippen LogP contribution is -2.42. The number of fused-ring (bicyclic) bond motifs is 1. The minimum Gasteiger partial charge on any atom is -0.353 e. The highest BCUT2D eigenvalue weighted by Gasteiger charge is 2.33. The lowest BCUT2D eigenvalue weighted by atomic mass is 9.69. The van der Waals surface area contributed by atoms with Crippen LogP contribution in [0, 0.1) is 17.8 Å². The van der Waals surface area contributed by atoms with E-state index in [2.05, 4.69) is 5.32 Å². The van der Waals surface area contributed by atoms with Crippen LogP contribution in [0.4, 0.5) is 0 Å². The maximum absolute atomic E-state index is 12.1. The van der Waals surface area contributed by atoms with Crippen molar-refractivity contribution in [1.82, 2.24) is 5.32 Å². The Balaban J connectivity index is 1.46. The predicted octanol–water partition coefficient (Wildman–Crippen LogP) is 2.41. The molecule has 2 aliphatic carbocycles. The van der Waals surface area contributed by atoms with Crippen LogP contribution in [0.15, 0.2) is 11.5 Å². The van der Waals surface area contributed by atoms with Crippen LogP contribution in [0.3, 0.4) is 0 Å². The molecule has 118 valence electrons. The molecule has 1 N–H and O–H groups in total. The summed E-state index contributed by atoms with van der Waals surface area (Å²) in [7, 11) is -3.05. The van der Waals surface area contributed by atoms with E-state index in [1.54, 1.807) is 6.08 Å². The predicted molar refractivity (Wildman–Crippen MR) is 82.3 cm³/mol. The summed E-state index contributed by atoms with van der Waals surface area (Å²) in [5, 5.41) is 4.39. The minimum atomic E-state index is -3.05. The normalized spacial score (nSPS) is 37.9. The van der Waals surface area contributed by atoms with E-state index < -0.39 is 9.84 Å². The third kappa shape index (κ3) is 3.87. The summed E-state index contributed by atoms with van der Waals surface area (Å²) in [6.07, 6.45) is 10.8. The van der Waals surface area contributed by atoms with E-state index in [1.165, 1.54) is 37.5 Å². The summed E-state index contributed by atoms with van der Waals surface area (Å²) < 4.78 is 22.7. The molecule has 1 aliphatic heterocycles. The lowest BCUT2D eigenvalue weighted by Gasteiger charge is -2.39. The van der Waals surface area contributed by atoms with Crippen molar-refractivity contribution in [2.24, 2.45) is 17.8 Å². The molecule has 0 aromatic carbocycles. The molecule has 1 amide bonds. The van der Waals surface area contributed by atoms with E-state index in [1.807, 2.05) is 0 Å². The second-order valence-corrected chi connectivity index (χ2v) is 8.94. The zero-order chi connectivity index (χ0) is 14.9. The van der Waals surface area contributed by atoms with Crippen LogP contribution in [0.5, 0.6) is 0 Å². The highest BCUT2D eigenvalue weighted by atomic mass is 32.2. The van der Waals surface area contributed by atoms with Crippen molar-refractivity contribution < 1.29 is 13.2 Å². The Morgan fingerprint density at radius 1 is 1.10 bits per heavy atom. The smallest absolute Gasteiger partial charge is 0.220 e. The fraction of sp³-hybridized carbons (Fsp3) is 0.812. The van der Waals surface area contributed by atoms with E-state index in [9.17, 15) is 13.2 Å². The summed E-state index contributed by atoms with van der Waals surface area (Å²) in [6.45, 7) is 0. The zero-order valence-electron chi connectivity index (χ0n) is 12.5. The Kier molecular flexibility index (Phi) is 4.38. The Morgan fingerprint density at radius 2 is 1.86 bits per heavy atom. The molecular weight excluding hydrogens is 286 g/mol. The molecule has 5 heteroatoms. The Labute approximate surface area is 127 Å². The van der Waals surface area contributed by atoms with Crippen LogP contribution in [0.25, 0.3) is 0 Å². The standard InChI is InChI=1S/C16H25NO3S/c18-16(9-12-7-8-21(19,20)11-12)17-15-6-5-13-3-1-2-4-14(13)10-15/h7-8,12-15H,1-6,9-11H2,(H,17,18)/t12-,13+,14-,15+/m0/s1. The highest BCUT2D eigenvalue weighted by Crippen LogP contribution is 2.40. The Bertz CT molecular complexity index is 526. The van der Waals surface area contributed by atoms with Crippen molar-refractivity contribution in [2.75, 3.05) is 5.75 Å². The van der Waals surface area contributed by atoms with Gasteiger partial charge in [-0.25, -0.2) is 8.42 Å². The maximum Gasteiger partial charge on any atom is 0.220 e. The van der Waals surface area contributed by atoms with Crippen LogP contribution in [0.2, 0.25) is 0 Å². The maximum atomic E-state index is 12.1. The average molecular weight is 311 g/mol. The van der Waals surface area contributed by atoms with Gasteiger partial charge < -0.3 is 5.32 Å². The van der Waals surface area contributed by atoms with E-state index in [-0.39, 0.29) is 17.6 Å². The minimum absolute atomic E-state index is 0.0148. The van der Waals surface area contributed by atoms with Gasteiger partial charge >= 0.3 is 0 Å². The average Bonchev–Trinajstić information content (AvgIpc) is 2.77. The molecule has 0 saturated heterocycles. The largest absolute Gasteiger partial charge is 0.353 e. The van der Waals surface area contributed by atoms with Crippen LogP contribution in [-0.2, 0) is 14.6 Å². The van der Waals surface area contributed by atoms with Gasteiger partial charge in [-0.1, -0.05) is 31.8 Å². The Hall–Kier alpha value is -0.840. The fourth-order valence-electron chi connectivity index (χ4n) is 4.30. The monoisotopic (exact) mass is 311 g/mol. The number of sulfone groups is 1. The van der Waals surface area contributed by atoms with Gasteiger partial charge in [0.1, 0.15) is 0 Å². The van der Waals surface area contributed by atoms with E-state index in [0.717, 1.165) is 24.7 Å². The molecule has 3 aliphatic rings. The number of carbonyl (C=O) groups excluding carboxylic acids is 1. The van der Waals surface area contributed by atoms with Crippen molar-refractivity contribution in [2.45, 2.75) is 57.4 Å². The molecule has 4 nitrogen and oxygen atoms in total. The van der Waals surface area contributed by atoms with Gasteiger partial charge in [0.2, 0.25) is 5.91 Å². The van der Waals surface area contributed by atoms with Crippen LogP contribution in [0.1, 0.15) is 51.4 Å². The van der Waals surface area contributed by atoms with Crippen LogP contribution in [-0.4, -0.2) is 26.1 Å². The molecule has 21 heavy (non-hydrogen) atoms. The molecule has 2 saturated carbocycles. The van der Waals surface area contributed by atoms with Gasteiger partial charge in [0, 0.05) is 23.8 Å². The first-order chi connectivity index (χ1) is 10.0. The van der Waals surface area contributed by atoms with E-state index in [0.29, 0.717) is 12.5 Å². The SMILES string of the molecule is O=C(C[C@@H]1C=CS(=O)(=O)C1)N[C@@H]1CC[C@H]2CCCC[C@H]2C1. The zero-order valence-corrected chi connectivity index (χ0v) is 13.3. The first-order valence-electron chi connectivity index (χ1n) is 8.22. The molecule has 0 spiro atoms. The van der Waals surface area contributed by atoms with Crippen molar-refractivity contribution in [3.8, 4) is 0 Å². The highest BCUT2D eigenvalue weighted by molar-refractivity contribution is 7.94. The number of rotatable bonds is 3.